The summed E-state index contributed by atoms with van der Waals surface area (Å²) >= 11 is 0. The second kappa shape index (κ2) is 4.44. The van der Waals surface area contributed by atoms with Gasteiger partial charge in [-0.1, -0.05) is 20.8 Å². The smallest absolute Gasteiger partial charge is 0.197 e. The first-order valence-corrected chi connectivity index (χ1v) is 6.04. The van der Waals surface area contributed by atoms with Crippen molar-refractivity contribution in [3.63, 3.8) is 0 Å². The van der Waals surface area contributed by atoms with E-state index >= 15 is 0 Å². The Labute approximate surface area is 107 Å². The van der Waals surface area contributed by atoms with Crippen LogP contribution in [0.15, 0.2) is 22.6 Å². The highest BCUT2D eigenvalue weighted by Gasteiger charge is 2.19. The molecule has 0 aliphatic rings. The lowest BCUT2D eigenvalue weighted by molar-refractivity contribution is 0.538. The maximum Gasteiger partial charge on any atom is 0.197 e. The minimum atomic E-state index is -0.0229. The summed E-state index contributed by atoms with van der Waals surface area (Å²) in [7, 11) is 1.85. The molecular formula is C14H19N3O. The molecule has 96 valence electrons. The first-order chi connectivity index (χ1) is 8.40. The fraction of sp³-hybridized carbons (Fsp3) is 0.429. The number of rotatable bonds is 2. The minimum absolute atomic E-state index is 0.0229. The molecule has 4 heteroatoms. The molecule has 0 unspecified atom stereocenters. The van der Waals surface area contributed by atoms with Crippen LogP contribution in [0.25, 0.3) is 11.6 Å². The van der Waals surface area contributed by atoms with Crippen molar-refractivity contribution in [1.82, 2.24) is 9.97 Å². The minimum Gasteiger partial charge on any atom is -0.458 e. The van der Waals surface area contributed by atoms with Gasteiger partial charge in [0.2, 0.25) is 0 Å². The molecule has 2 heterocycles. The molecule has 0 amide bonds. The molecule has 0 atom stereocenters. The molecule has 0 fully saturated rings. The topological polar surface area (TPSA) is 51.0 Å². The zero-order chi connectivity index (χ0) is 13.3. The van der Waals surface area contributed by atoms with E-state index in [0.29, 0.717) is 11.6 Å². The fourth-order valence-corrected chi connectivity index (χ4v) is 1.62. The Balaban J connectivity index is 2.54. The monoisotopic (exact) mass is 245 g/mol. The van der Waals surface area contributed by atoms with Crippen LogP contribution in [0.4, 0.5) is 5.82 Å². The van der Waals surface area contributed by atoms with E-state index in [0.717, 1.165) is 17.3 Å². The number of furan rings is 1. The molecule has 18 heavy (non-hydrogen) atoms. The zero-order valence-electron chi connectivity index (χ0n) is 11.5. The largest absolute Gasteiger partial charge is 0.458 e. The van der Waals surface area contributed by atoms with E-state index in [1.54, 1.807) is 0 Å². The van der Waals surface area contributed by atoms with Crippen LogP contribution in [0, 0.1) is 6.92 Å². The molecule has 0 saturated carbocycles. The molecule has 0 spiro atoms. The highest BCUT2D eigenvalue weighted by molar-refractivity contribution is 5.52. The number of aryl methyl sites for hydroxylation is 1. The Hall–Kier alpha value is -1.84. The number of anilines is 1. The van der Waals surface area contributed by atoms with Gasteiger partial charge in [0.1, 0.15) is 11.6 Å². The lowest BCUT2D eigenvalue weighted by Gasteiger charge is -2.18. The van der Waals surface area contributed by atoms with Gasteiger partial charge < -0.3 is 9.73 Å². The Morgan fingerprint density at radius 2 is 1.89 bits per heavy atom. The number of nitrogens with zero attached hydrogens (tertiary/aromatic N) is 2. The van der Waals surface area contributed by atoms with Gasteiger partial charge in [0.15, 0.2) is 11.6 Å². The van der Waals surface area contributed by atoms with Crippen LogP contribution in [0.5, 0.6) is 0 Å². The number of hydrogen-bond donors (Lipinski definition) is 1. The molecule has 2 rings (SSSR count). The van der Waals surface area contributed by atoms with Crippen molar-refractivity contribution in [3.8, 4) is 11.6 Å². The molecule has 2 aromatic rings. The zero-order valence-corrected chi connectivity index (χ0v) is 11.5. The lowest BCUT2D eigenvalue weighted by Crippen LogP contribution is -2.15. The highest BCUT2D eigenvalue weighted by Crippen LogP contribution is 2.26. The summed E-state index contributed by atoms with van der Waals surface area (Å²) in [5.74, 6) is 3.00. The lowest BCUT2D eigenvalue weighted by atomic mass is 9.92. The summed E-state index contributed by atoms with van der Waals surface area (Å²) in [4.78, 5) is 9.02. The molecule has 0 saturated heterocycles. The van der Waals surface area contributed by atoms with Gasteiger partial charge in [0.05, 0.1) is 5.69 Å². The van der Waals surface area contributed by atoms with E-state index in [1.165, 1.54) is 0 Å². The third kappa shape index (κ3) is 2.53. The Morgan fingerprint density at radius 1 is 1.17 bits per heavy atom. The fourth-order valence-electron chi connectivity index (χ4n) is 1.62. The van der Waals surface area contributed by atoms with Crippen LogP contribution in [-0.2, 0) is 5.41 Å². The van der Waals surface area contributed by atoms with Crippen molar-refractivity contribution in [1.29, 1.82) is 0 Å². The molecule has 1 N–H and O–H groups in total. The molecule has 0 aromatic carbocycles. The van der Waals surface area contributed by atoms with E-state index < -0.39 is 0 Å². The van der Waals surface area contributed by atoms with Crippen LogP contribution >= 0.6 is 0 Å². The van der Waals surface area contributed by atoms with Gasteiger partial charge in [-0.15, -0.1) is 0 Å². The Bertz CT molecular complexity index is 552. The predicted octanol–water partition coefficient (Wildman–Crippen LogP) is 3.38. The van der Waals surface area contributed by atoms with Gasteiger partial charge in [-0.25, -0.2) is 9.97 Å². The molecule has 0 aliphatic carbocycles. The summed E-state index contributed by atoms with van der Waals surface area (Å²) in [5, 5.41) is 3.06. The highest BCUT2D eigenvalue weighted by atomic mass is 16.3. The summed E-state index contributed by atoms with van der Waals surface area (Å²) in [6.07, 6.45) is 0. The van der Waals surface area contributed by atoms with Crippen molar-refractivity contribution in [3.05, 3.63) is 29.7 Å². The van der Waals surface area contributed by atoms with Gasteiger partial charge in [-0.2, -0.15) is 0 Å². The Kier molecular flexibility index (Phi) is 3.11. The molecule has 4 nitrogen and oxygen atoms in total. The summed E-state index contributed by atoms with van der Waals surface area (Å²) in [6, 6.07) is 5.79. The molecular weight excluding hydrogens is 226 g/mol. The quantitative estimate of drug-likeness (QED) is 0.881. The van der Waals surface area contributed by atoms with E-state index in [9.17, 15) is 0 Å². The third-order valence-corrected chi connectivity index (χ3v) is 2.71. The van der Waals surface area contributed by atoms with Gasteiger partial charge in [0, 0.05) is 18.5 Å². The van der Waals surface area contributed by atoms with Crippen molar-refractivity contribution < 1.29 is 4.42 Å². The van der Waals surface area contributed by atoms with Gasteiger partial charge >= 0.3 is 0 Å². The SMILES string of the molecule is CNc1cc(C(C)(C)C)nc(-c2ccc(C)o2)n1. The molecule has 0 bridgehead atoms. The standard InChI is InChI=1S/C14H19N3O/c1-9-6-7-10(18-9)13-16-11(14(2,3)4)8-12(15-5)17-13/h6-8H,1-5H3,(H,15,16,17). The van der Waals surface area contributed by atoms with Crippen LogP contribution in [0.2, 0.25) is 0 Å². The molecule has 0 radical (unpaired) electrons. The van der Waals surface area contributed by atoms with Crippen molar-refractivity contribution in [2.24, 2.45) is 0 Å². The van der Waals surface area contributed by atoms with Crippen LogP contribution in [0.1, 0.15) is 32.2 Å². The second-order valence-corrected chi connectivity index (χ2v) is 5.37. The summed E-state index contributed by atoms with van der Waals surface area (Å²) < 4.78 is 5.58. The maximum absolute atomic E-state index is 5.58. The van der Waals surface area contributed by atoms with E-state index in [2.05, 4.69) is 36.1 Å². The van der Waals surface area contributed by atoms with Crippen LogP contribution < -0.4 is 5.32 Å². The van der Waals surface area contributed by atoms with Crippen LogP contribution in [-0.4, -0.2) is 17.0 Å². The normalized spacial score (nSPS) is 11.6. The average Bonchev–Trinajstić information content (AvgIpc) is 2.74. The maximum atomic E-state index is 5.58. The molecule has 0 aliphatic heterocycles. The Morgan fingerprint density at radius 3 is 2.39 bits per heavy atom. The summed E-state index contributed by atoms with van der Waals surface area (Å²) in [5.41, 5.74) is 0.969. The van der Waals surface area contributed by atoms with Gasteiger partial charge in [-0.05, 0) is 19.1 Å². The molecule has 2 aromatic heterocycles. The number of nitrogens with one attached hydrogen (secondary N) is 1. The third-order valence-electron chi connectivity index (χ3n) is 2.71. The van der Waals surface area contributed by atoms with Gasteiger partial charge in [0.25, 0.3) is 0 Å². The van der Waals surface area contributed by atoms with E-state index in [1.807, 2.05) is 32.2 Å². The van der Waals surface area contributed by atoms with E-state index in [-0.39, 0.29) is 5.41 Å². The van der Waals surface area contributed by atoms with Crippen molar-refractivity contribution in [2.45, 2.75) is 33.1 Å². The number of aromatic nitrogens is 2. The first-order valence-electron chi connectivity index (χ1n) is 6.04. The van der Waals surface area contributed by atoms with Crippen LogP contribution in [0.3, 0.4) is 0 Å². The number of hydrogen-bond acceptors (Lipinski definition) is 4. The van der Waals surface area contributed by atoms with Crippen molar-refractivity contribution in [2.75, 3.05) is 12.4 Å². The van der Waals surface area contributed by atoms with Crippen molar-refractivity contribution >= 4 is 5.82 Å². The average molecular weight is 245 g/mol. The summed E-state index contributed by atoms with van der Waals surface area (Å²) in [6.45, 7) is 8.31. The van der Waals surface area contributed by atoms with E-state index in [4.69, 9.17) is 4.42 Å². The van der Waals surface area contributed by atoms with Gasteiger partial charge in [-0.3, -0.25) is 0 Å². The predicted molar refractivity (Wildman–Crippen MR) is 72.7 cm³/mol. The second-order valence-electron chi connectivity index (χ2n) is 5.37. The first kappa shape index (κ1) is 12.6.